The van der Waals surface area contributed by atoms with Gasteiger partial charge < -0.3 is 9.63 Å². The molecule has 0 saturated heterocycles. The van der Waals surface area contributed by atoms with E-state index in [1.54, 1.807) is 11.9 Å². The Bertz CT molecular complexity index is 553. The van der Waals surface area contributed by atoms with Gasteiger partial charge in [0, 0.05) is 6.42 Å². The van der Waals surface area contributed by atoms with Crippen molar-refractivity contribution in [3.63, 3.8) is 0 Å². The third-order valence-corrected chi connectivity index (χ3v) is 3.60. The molecule has 0 bridgehead atoms. The summed E-state index contributed by atoms with van der Waals surface area (Å²) in [6.45, 7) is 2.35. The van der Waals surface area contributed by atoms with E-state index in [1.165, 1.54) is 11.3 Å². The van der Waals surface area contributed by atoms with Crippen LogP contribution in [-0.4, -0.2) is 33.2 Å². The zero-order valence-electron chi connectivity index (χ0n) is 11.4. The lowest BCUT2D eigenvalue weighted by Crippen LogP contribution is -2.30. The van der Waals surface area contributed by atoms with E-state index in [-0.39, 0.29) is 0 Å². The number of aryl methyl sites for hydroxylation is 1. The third-order valence-electron chi connectivity index (χ3n) is 2.90. The van der Waals surface area contributed by atoms with Crippen LogP contribution in [0.25, 0.3) is 0 Å². The molecular weight excluding hydrogens is 278 g/mol. The van der Waals surface area contributed by atoms with Gasteiger partial charge in [-0.05, 0) is 35.9 Å². The first-order valence-corrected chi connectivity index (χ1v) is 7.32. The number of nitrogens with zero attached hydrogens (tertiary/aromatic N) is 3. The second-order valence-corrected chi connectivity index (χ2v) is 5.35. The molecular formula is C13H17N3O3S. The van der Waals surface area contributed by atoms with E-state index < -0.39 is 12.0 Å². The maximum Gasteiger partial charge on any atom is 0.325 e. The molecule has 6 nitrogen and oxygen atoms in total. The van der Waals surface area contributed by atoms with Crippen LogP contribution < -0.4 is 0 Å². The number of carboxylic acid groups (broad SMARTS) is 1. The van der Waals surface area contributed by atoms with Gasteiger partial charge >= 0.3 is 5.97 Å². The Morgan fingerprint density at radius 2 is 2.40 bits per heavy atom. The number of hydrogen-bond acceptors (Lipinski definition) is 6. The summed E-state index contributed by atoms with van der Waals surface area (Å²) in [7, 11) is 1.74. The van der Waals surface area contributed by atoms with Crippen LogP contribution in [0, 0.1) is 0 Å². The number of aliphatic carboxylic acids is 1. The molecule has 1 atom stereocenters. The predicted molar refractivity (Wildman–Crippen MR) is 74.5 cm³/mol. The number of thiophene rings is 1. The smallest absolute Gasteiger partial charge is 0.325 e. The van der Waals surface area contributed by atoms with E-state index >= 15 is 0 Å². The lowest BCUT2D eigenvalue weighted by molar-refractivity contribution is -0.143. The molecule has 2 aromatic heterocycles. The van der Waals surface area contributed by atoms with E-state index in [0.29, 0.717) is 18.3 Å². The minimum absolute atomic E-state index is 0.309. The van der Waals surface area contributed by atoms with Gasteiger partial charge in [-0.1, -0.05) is 12.1 Å². The molecule has 2 aromatic rings. The van der Waals surface area contributed by atoms with Crippen LogP contribution in [0.3, 0.4) is 0 Å². The van der Waals surface area contributed by atoms with Crippen molar-refractivity contribution >= 4 is 17.3 Å². The minimum atomic E-state index is -0.890. The lowest BCUT2D eigenvalue weighted by atomic mass is 10.1. The molecule has 0 amide bonds. The Morgan fingerprint density at radius 1 is 1.60 bits per heavy atom. The Balaban J connectivity index is 2.08. The van der Waals surface area contributed by atoms with E-state index in [4.69, 9.17) is 4.52 Å². The number of rotatable bonds is 7. The number of likely N-dealkylation sites (N-methyl/N-ethyl adjacent to an activating group) is 1. The van der Waals surface area contributed by atoms with E-state index in [1.807, 2.05) is 23.8 Å². The van der Waals surface area contributed by atoms with Gasteiger partial charge in [0.05, 0.1) is 6.54 Å². The van der Waals surface area contributed by atoms with E-state index in [0.717, 1.165) is 18.4 Å². The second-order valence-electron chi connectivity index (χ2n) is 4.57. The van der Waals surface area contributed by atoms with Crippen molar-refractivity contribution in [1.82, 2.24) is 15.0 Å². The van der Waals surface area contributed by atoms with Crippen LogP contribution in [0.2, 0.25) is 0 Å². The van der Waals surface area contributed by atoms with Gasteiger partial charge in [-0.3, -0.25) is 9.69 Å². The van der Waals surface area contributed by atoms with Crippen molar-refractivity contribution in [1.29, 1.82) is 0 Å². The molecule has 0 aliphatic rings. The summed E-state index contributed by atoms with van der Waals surface area (Å²) < 4.78 is 5.14. The van der Waals surface area contributed by atoms with Crippen molar-refractivity contribution in [2.75, 3.05) is 7.05 Å². The highest BCUT2D eigenvalue weighted by atomic mass is 32.1. The molecule has 0 aromatic carbocycles. The molecule has 0 radical (unpaired) electrons. The number of carboxylic acids is 1. The molecule has 0 unspecified atom stereocenters. The van der Waals surface area contributed by atoms with Gasteiger partial charge in [0.1, 0.15) is 6.04 Å². The van der Waals surface area contributed by atoms with Gasteiger partial charge in [0.15, 0.2) is 5.82 Å². The van der Waals surface area contributed by atoms with Crippen LogP contribution in [0.15, 0.2) is 21.3 Å². The Kier molecular flexibility index (Phi) is 4.86. The van der Waals surface area contributed by atoms with Crippen molar-refractivity contribution in [2.45, 2.75) is 32.4 Å². The average molecular weight is 295 g/mol. The SMILES string of the molecule is CCCc1noc(CN(C)[C@@H](C(=O)O)c2ccsc2)n1. The molecule has 0 fully saturated rings. The topological polar surface area (TPSA) is 79.5 Å². The van der Waals surface area contributed by atoms with Crippen LogP contribution >= 0.6 is 11.3 Å². The van der Waals surface area contributed by atoms with E-state index in [2.05, 4.69) is 10.1 Å². The number of carbonyl (C=O) groups is 1. The first kappa shape index (κ1) is 14.7. The maximum absolute atomic E-state index is 11.4. The maximum atomic E-state index is 11.4. The fourth-order valence-corrected chi connectivity index (χ4v) is 2.68. The zero-order valence-corrected chi connectivity index (χ0v) is 12.3. The summed E-state index contributed by atoms with van der Waals surface area (Å²) in [5.74, 6) is 0.218. The summed E-state index contributed by atoms with van der Waals surface area (Å²) in [6.07, 6.45) is 1.71. The molecule has 20 heavy (non-hydrogen) atoms. The quantitative estimate of drug-likeness (QED) is 0.844. The summed E-state index contributed by atoms with van der Waals surface area (Å²) >= 11 is 1.48. The van der Waals surface area contributed by atoms with Gasteiger partial charge in [-0.25, -0.2) is 0 Å². The van der Waals surface area contributed by atoms with Gasteiger partial charge in [0.2, 0.25) is 5.89 Å². The standard InChI is InChI=1S/C13H17N3O3S/c1-3-4-10-14-11(19-15-10)7-16(2)12(13(17)18)9-5-6-20-8-9/h5-6,8,12H,3-4,7H2,1-2H3,(H,17,18)/t12-/m1/s1. The molecule has 7 heteroatoms. The molecule has 1 N–H and O–H groups in total. The van der Waals surface area contributed by atoms with Crippen LogP contribution in [0.1, 0.15) is 36.7 Å². The van der Waals surface area contributed by atoms with Crippen molar-refractivity contribution in [3.05, 3.63) is 34.1 Å². The fraction of sp³-hybridized carbons (Fsp3) is 0.462. The Labute approximate surface area is 121 Å². The normalized spacial score (nSPS) is 12.8. The van der Waals surface area contributed by atoms with Crippen molar-refractivity contribution in [2.24, 2.45) is 0 Å². The molecule has 0 saturated carbocycles. The van der Waals surface area contributed by atoms with E-state index in [9.17, 15) is 9.90 Å². The van der Waals surface area contributed by atoms with Crippen LogP contribution in [0.4, 0.5) is 0 Å². The predicted octanol–water partition coefficient (Wildman–Crippen LogP) is 2.34. The van der Waals surface area contributed by atoms with Crippen LogP contribution in [-0.2, 0) is 17.8 Å². The molecule has 0 aliphatic carbocycles. The third kappa shape index (κ3) is 3.43. The molecule has 108 valence electrons. The second kappa shape index (κ2) is 6.62. The molecule has 2 heterocycles. The summed E-state index contributed by atoms with van der Waals surface area (Å²) in [5.41, 5.74) is 0.762. The highest BCUT2D eigenvalue weighted by Crippen LogP contribution is 2.23. The summed E-state index contributed by atoms with van der Waals surface area (Å²) in [6, 6.07) is 1.11. The minimum Gasteiger partial charge on any atom is -0.480 e. The first-order chi connectivity index (χ1) is 9.61. The van der Waals surface area contributed by atoms with Crippen LogP contribution in [0.5, 0.6) is 0 Å². The summed E-state index contributed by atoms with van der Waals surface area (Å²) in [4.78, 5) is 17.4. The zero-order chi connectivity index (χ0) is 14.5. The van der Waals surface area contributed by atoms with Crippen molar-refractivity contribution < 1.29 is 14.4 Å². The van der Waals surface area contributed by atoms with Gasteiger partial charge in [-0.15, -0.1) is 0 Å². The number of aromatic nitrogens is 2. The highest BCUT2D eigenvalue weighted by molar-refractivity contribution is 7.08. The fourth-order valence-electron chi connectivity index (χ4n) is 2.00. The molecule has 0 aliphatic heterocycles. The molecule has 2 rings (SSSR count). The largest absolute Gasteiger partial charge is 0.480 e. The average Bonchev–Trinajstić information content (AvgIpc) is 3.02. The highest BCUT2D eigenvalue weighted by Gasteiger charge is 2.26. The number of hydrogen-bond donors (Lipinski definition) is 1. The van der Waals surface area contributed by atoms with Gasteiger partial charge in [-0.2, -0.15) is 16.3 Å². The van der Waals surface area contributed by atoms with Gasteiger partial charge in [0.25, 0.3) is 0 Å². The summed E-state index contributed by atoms with van der Waals surface area (Å²) in [5, 5.41) is 17.0. The Morgan fingerprint density at radius 3 is 3.00 bits per heavy atom. The Hall–Kier alpha value is -1.73. The monoisotopic (exact) mass is 295 g/mol. The first-order valence-electron chi connectivity index (χ1n) is 6.38. The van der Waals surface area contributed by atoms with Crippen molar-refractivity contribution in [3.8, 4) is 0 Å². The lowest BCUT2D eigenvalue weighted by Gasteiger charge is -2.22. The molecule has 0 spiro atoms.